The van der Waals surface area contributed by atoms with Gasteiger partial charge < -0.3 is 5.73 Å². The van der Waals surface area contributed by atoms with Crippen molar-refractivity contribution in [3.63, 3.8) is 0 Å². The maximum atomic E-state index is 13.9. The Bertz CT molecular complexity index is 462. The zero-order valence-corrected chi connectivity index (χ0v) is 11.3. The van der Waals surface area contributed by atoms with Crippen molar-refractivity contribution in [3.8, 4) is 0 Å². The number of allylic oxidation sites excluding steroid dienone is 1. The summed E-state index contributed by atoms with van der Waals surface area (Å²) in [5.41, 5.74) is 5.71. The molecule has 1 aliphatic carbocycles. The summed E-state index contributed by atoms with van der Waals surface area (Å²) in [6.07, 6.45) is 6.28. The zero-order valence-electron chi connectivity index (χ0n) is 11.3. The van der Waals surface area contributed by atoms with Gasteiger partial charge in [-0.2, -0.15) is 0 Å². The Morgan fingerprint density at radius 1 is 1.21 bits per heavy atom. The molecule has 0 bridgehead atoms. The van der Waals surface area contributed by atoms with Gasteiger partial charge in [0.25, 0.3) is 0 Å². The van der Waals surface area contributed by atoms with E-state index in [4.69, 9.17) is 5.73 Å². The molecule has 19 heavy (non-hydrogen) atoms. The van der Waals surface area contributed by atoms with E-state index in [1.54, 1.807) is 6.07 Å². The Kier molecular flexibility index (Phi) is 4.23. The zero-order chi connectivity index (χ0) is 14.0. The van der Waals surface area contributed by atoms with Gasteiger partial charge in [0.15, 0.2) is 11.6 Å². The Labute approximate surface area is 113 Å². The second-order valence-electron chi connectivity index (χ2n) is 5.57. The molecule has 1 saturated carbocycles. The van der Waals surface area contributed by atoms with Crippen molar-refractivity contribution in [1.29, 1.82) is 0 Å². The fraction of sp³-hybridized carbons (Fsp3) is 0.500. The molecule has 1 nitrogen and oxygen atoms in total. The Balaban J connectivity index is 2.14. The average Bonchev–Trinajstić information content (AvgIpc) is 2.44. The quantitative estimate of drug-likeness (QED) is 0.625. The summed E-state index contributed by atoms with van der Waals surface area (Å²) < 4.78 is 27.5. The van der Waals surface area contributed by atoms with Crippen LogP contribution in [0.15, 0.2) is 24.8 Å². The summed E-state index contributed by atoms with van der Waals surface area (Å²) in [6.45, 7) is 5.80. The van der Waals surface area contributed by atoms with Gasteiger partial charge >= 0.3 is 0 Å². The van der Waals surface area contributed by atoms with Crippen molar-refractivity contribution in [2.45, 2.75) is 38.5 Å². The molecule has 1 aromatic carbocycles. The molecule has 0 aliphatic heterocycles. The van der Waals surface area contributed by atoms with Gasteiger partial charge in [0.2, 0.25) is 0 Å². The lowest BCUT2D eigenvalue weighted by Crippen LogP contribution is -2.19. The van der Waals surface area contributed by atoms with Crippen LogP contribution in [0.5, 0.6) is 0 Å². The summed E-state index contributed by atoms with van der Waals surface area (Å²) in [5.74, 6) is -0.673. The number of nitrogens with two attached hydrogens (primary N) is 1. The second kappa shape index (κ2) is 5.72. The first-order valence-electron chi connectivity index (χ1n) is 6.90. The smallest absolute Gasteiger partial charge is 0.181 e. The standard InChI is InChI=1S/C16H21F2N/c1-3-11-4-6-12(7-5-11)10(2)13-8-9-14(19)16(18)15(13)17/h3,8-12H,1,4-7,19H2,2H3. The molecule has 0 radical (unpaired) electrons. The van der Waals surface area contributed by atoms with Crippen LogP contribution in [-0.4, -0.2) is 0 Å². The van der Waals surface area contributed by atoms with Crippen LogP contribution in [0.25, 0.3) is 0 Å². The molecule has 0 saturated heterocycles. The summed E-state index contributed by atoms with van der Waals surface area (Å²) in [5, 5.41) is 0. The third-order valence-electron chi connectivity index (χ3n) is 4.49. The molecular formula is C16H21F2N. The van der Waals surface area contributed by atoms with Crippen LogP contribution < -0.4 is 5.73 Å². The van der Waals surface area contributed by atoms with Crippen molar-refractivity contribution in [2.75, 3.05) is 5.73 Å². The van der Waals surface area contributed by atoms with Crippen molar-refractivity contribution >= 4 is 5.69 Å². The summed E-state index contributed by atoms with van der Waals surface area (Å²) in [4.78, 5) is 0. The van der Waals surface area contributed by atoms with Crippen LogP contribution in [0.4, 0.5) is 14.5 Å². The molecule has 1 fully saturated rings. The molecule has 2 N–H and O–H groups in total. The summed E-state index contributed by atoms with van der Waals surface area (Å²) >= 11 is 0. The number of hydrogen-bond donors (Lipinski definition) is 1. The van der Waals surface area contributed by atoms with Crippen LogP contribution in [0, 0.1) is 23.5 Å². The van der Waals surface area contributed by atoms with Crippen molar-refractivity contribution in [3.05, 3.63) is 42.0 Å². The van der Waals surface area contributed by atoms with E-state index in [2.05, 4.69) is 6.58 Å². The Hall–Kier alpha value is -1.38. The molecular weight excluding hydrogens is 244 g/mol. The first-order chi connectivity index (χ1) is 9.04. The molecule has 1 unspecified atom stereocenters. The largest absolute Gasteiger partial charge is 0.396 e. The number of halogens is 2. The predicted molar refractivity (Wildman–Crippen MR) is 74.8 cm³/mol. The Morgan fingerprint density at radius 2 is 1.84 bits per heavy atom. The maximum Gasteiger partial charge on any atom is 0.181 e. The van der Waals surface area contributed by atoms with Crippen LogP contribution in [0.3, 0.4) is 0 Å². The van der Waals surface area contributed by atoms with Crippen LogP contribution >= 0.6 is 0 Å². The summed E-state index contributed by atoms with van der Waals surface area (Å²) in [7, 11) is 0. The highest BCUT2D eigenvalue weighted by atomic mass is 19.2. The number of nitrogen functional groups attached to an aromatic ring is 1. The number of hydrogen-bond acceptors (Lipinski definition) is 1. The average molecular weight is 265 g/mol. The van der Waals surface area contributed by atoms with E-state index in [0.29, 0.717) is 17.4 Å². The minimum absolute atomic E-state index is 0.0286. The first-order valence-corrected chi connectivity index (χ1v) is 6.90. The molecule has 2 rings (SSSR count). The van der Waals surface area contributed by atoms with E-state index in [1.807, 2.05) is 13.0 Å². The molecule has 0 aromatic heterocycles. The predicted octanol–water partition coefficient (Wildman–Crippen LogP) is 4.64. The lowest BCUT2D eigenvalue weighted by Gasteiger charge is -2.31. The number of rotatable bonds is 3. The lowest BCUT2D eigenvalue weighted by molar-refractivity contribution is 0.274. The van der Waals surface area contributed by atoms with Crippen molar-refractivity contribution in [2.24, 2.45) is 11.8 Å². The highest BCUT2D eigenvalue weighted by Gasteiger charge is 2.27. The van der Waals surface area contributed by atoms with Gasteiger partial charge in [0.05, 0.1) is 5.69 Å². The van der Waals surface area contributed by atoms with Gasteiger partial charge in [-0.25, -0.2) is 8.78 Å². The Morgan fingerprint density at radius 3 is 2.42 bits per heavy atom. The van der Waals surface area contributed by atoms with Crippen LogP contribution in [0.1, 0.15) is 44.1 Å². The number of benzene rings is 1. The van der Waals surface area contributed by atoms with Gasteiger partial charge in [0, 0.05) is 0 Å². The van der Waals surface area contributed by atoms with E-state index >= 15 is 0 Å². The van der Waals surface area contributed by atoms with E-state index < -0.39 is 11.6 Å². The van der Waals surface area contributed by atoms with Crippen molar-refractivity contribution in [1.82, 2.24) is 0 Å². The maximum absolute atomic E-state index is 13.9. The van der Waals surface area contributed by atoms with E-state index in [-0.39, 0.29) is 11.6 Å². The van der Waals surface area contributed by atoms with Crippen LogP contribution in [0.2, 0.25) is 0 Å². The number of anilines is 1. The summed E-state index contributed by atoms with van der Waals surface area (Å²) in [6, 6.07) is 3.08. The van der Waals surface area contributed by atoms with E-state index in [9.17, 15) is 8.78 Å². The topological polar surface area (TPSA) is 26.0 Å². The SMILES string of the molecule is C=CC1CCC(C(C)c2ccc(N)c(F)c2F)CC1. The fourth-order valence-electron chi connectivity index (χ4n) is 3.07. The van der Waals surface area contributed by atoms with Crippen molar-refractivity contribution < 1.29 is 8.78 Å². The lowest BCUT2D eigenvalue weighted by atomic mass is 9.74. The van der Waals surface area contributed by atoms with Gasteiger partial charge in [-0.15, -0.1) is 6.58 Å². The van der Waals surface area contributed by atoms with E-state index in [0.717, 1.165) is 25.7 Å². The highest BCUT2D eigenvalue weighted by Crippen LogP contribution is 2.39. The third kappa shape index (κ3) is 2.80. The minimum Gasteiger partial charge on any atom is -0.396 e. The molecule has 1 atom stereocenters. The highest BCUT2D eigenvalue weighted by molar-refractivity contribution is 5.43. The van der Waals surface area contributed by atoms with Gasteiger partial charge in [0.1, 0.15) is 0 Å². The molecule has 0 spiro atoms. The van der Waals surface area contributed by atoms with Crippen LogP contribution in [-0.2, 0) is 0 Å². The van der Waals surface area contributed by atoms with Gasteiger partial charge in [-0.05, 0) is 55.1 Å². The molecule has 3 heteroatoms. The van der Waals surface area contributed by atoms with Gasteiger partial charge in [-0.1, -0.05) is 19.1 Å². The molecule has 0 amide bonds. The minimum atomic E-state index is -0.913. The monoisotopic (exact) mass is 265 g/mol. The van der Waals surface area contributed by atoms with Gasteiger partial charge in [-0.3, -0.25) is 0 Å². The molecule has 104 valence electrons. The first kappa shape index (κ1) is 14.0. The normalized spacial score (nSPS) is 25.0. The molecule has 1 aliphatic rings. The molecule has 1 aromatic rings. The third-order valence-corrected chi connectivity index (χ3v) is 4.49. The molecule has 0 heterocycles. The fourth-order valence-corrected chi connectivity index (χ4v) is 3.07. The van der Waals surface area contributed by atoms with E-state index in [1.165, 1.54) is 6.07 Å². The second-order valence-corrected chi connectivity index (χ2v) is 5.57.